The average Bonchev–Trinajstić information content (AvgIpc) is 2.97. The van der Waals surface area contributed by atoms with Crippen LogP contribution in [0.1, 0.15) is 19.0 Å². The van der Waals surface area contributed by atoms with Gasteiger partial charge in [0.15, 0.2) is 10.8 Å². The topological polar surface area (TPSA) is 58.6 Å². The van der Waals surface area contributed by atoms with E-state index in [1.54, 1.807) is 0 Å². The highest BCUT2D eigenvalue weighted by Gasteiger charge is 2.12. The number of rotatable bonds is 2. The van der Waals surface area contributed by atoms with Gasteiger partial charge in [0.05, 0.1) is 5.69 Å². The predicted molar refractivity (Wildman–Crippen MR) is 74.7 cm³/mol. The van der Waals surface area contributed by atoms with Crippen LogP contribution in [0.25, 0.3) is 16.4 Å². The highest BCUT2D eigenvalue weighted by Crippen LogP contribution is 2.28. The smallest absolute Gasteiger partial charge is 0.294 e. The van der Waals surface area contributed by atoms with E-state index in [1.807, 2.05) is 5.38 Å². The molecule has 0 amide bonds. The van der Waals surface area contributed by atoms with Gasteiger partial charge >= 0.3 is 4.87 Å². The maximum absolute atomic E-state index is 11.1. The summed E-state index contributed by atoms with van der Waals surface area (Å²) < 4.78 is 4.04. The zero-order valence-corrected chi connectivity index (χ0v) is 11.3. The molecular weight excluding hydrogens is 266 g/mol. The molecule has 6 heteroatoms. The number of hydrogen-bond donors (Lipinski definition) is 1. The summed E-state index contributed by atoms with van der Waals surface area (Å²) in [6.45, 7) is 2.19. The molecule has 1 atom stereocenters. The standard InChI is InChI=1S/C12H11N3OS2/c1-7-3-2-4-8(5-7)9-6-17-11(13-9)10-14-12(16)18-15-10/h2,4-7H,3H2,1H3,(H,14,15,16). The molecular formula is C12H11N3OS2. The summed E-state index contributed by atoms with van der Waals surface area (Å²) in [6.07, 6.45) is 7.58. The molecule has 1 N–H and O–H groups in total. The molecule has 1 aliphatic rings. The van der Waals surface area contributed by atoms with Gasteiger partial charge in [-0.15, -0.1) is 11.3 Å². The third-order valence-corrected chi connectivity index (χ3v) is 4.10. The molecule has 2 heterocycles. The van der Waals surface area contributed by atoms with Crippen molar-refractivity contribution in [3.05, 3.63) is 39.0 Å². The lowest BCUT2D eigenvalue weighted by atomic mass is 9.97. The van der Waals surface area contributed by atoms with E-state index in [2.05, 4.69) is 39.5 Å². The van der Waals surface area contributed by atoms with Crippen LogP contribution in [-0.4, -0.2) is 14.3 Å². The minimum atomic E-state index is -0.146. The van der Waals surface area contributed by atoms with E-state index in [4.69, 9.17) is 0 Å². The van der Waals surface area contributed by atoms with Crippen LogP contribution in [0.3, 0.4) is 0 Å². The molecule has 2 aromatic heterocycles. The van der Waals surface area contributed by atoms with Crippen LogP contribution < -0.4 is 4.87 Å². The van der Waals surface area contributed by atoms with Crippen LogP contribution in [-0.2, 0) is 0 Å². The van der Waals surface area contributed by atoms with Crippen molar-refractivity contribution >= 4 is 28.4 Å². The number of nitrogens with one attached hydrogen (secondary N) is 1. The zero-order chi connectivity index (χ0) is 12.5. The number of hydrogen-bond acceptors (Lipinski definition) is 5. The van der Waals surface area contributed by atoms with Crippen molar-refractivity contribution in [2.45, 2.75) is 13.3 Å². The second-order valence-electron chi connectivity index (χ2n) is 4.22. The van der Waals surface area contributed by atoms with Gasteiger partial charge in [-0.25, -0.2) is 4.98 Å². The summed E-state index contributed by atoms with van der Waals surface area (Å²) >= 11 is 2.42. The molecule has 1 aliphatic carbocycles. The van der Waals surface area contributed by atoms with Crippen molar-refractivity contribution in [3.8, 4) is 10.8 Å². The number of H-pyrrole nitrogens is 1. The van der Waals surface area contributed by atoms with Gasteiger partial charge in [-0.3, -0.25) is 9.78 Å². The van der Waals surface area contributed by atoms with Crippen LogP contribution >= 0.6 is 22.9 Å². The minimum Gasteiger partial charge on any atom is -0.294 e. The molecule has 0 radical (unpaired) electrons. The molecule has 0 fully saturated rings. The Hall–Kier alpha value is -1.53. The molecule has 18 heavy (non-hydrogen) atoms. The fraction of sp³-hybridized carbons (Fsp3) is 0.250. The molecule has 0 spiro atoms. The first-order chi connectivity index (χ1) is 8.72. The Labute approximate surface area is 112 Å². The van der Waals surface area contributed by atoms with Crippen LogP contribution in [0.4, 0.5) is 0 Å². The largest absolute Gasteiger partial charge is 0.323 e. The van der Waals surface area contributed by atoms with Gasteiger partial charge in [0, 0.05) is 16.9 Å². The molecule has 2 aromatic rings. The monoisotopic (exact) mass is 277 g/mol. The second kappa shape index (κ2) is 4.62. The molecule has 0 saturated heterocycles. The maximum Gasteiger partial charge on any atom is 0.323 e. The fourth-order valence-electron chi connectivity index (χ4n) is 1.85. The van der Waals surface area contributed by atoms with Crippen LogP contribution in [0, 0.1) is 5.92 Å². The van der Waals surface area contributed by atoms with E-state index in [0.29, 0.717) is 11.7 Å². The maximum atomic E-state index is 11.1. The quantitative estimate of drug-likeness (QED) is 0.918. The second-order valence-corrected chi connectivity index (χ2v) is 5.81. The lowest BCUT2D eigenvalue weighted by Crippen LogP contribution is -1.95. The third-order valence-electron chi connectivity index (χ3n) is 2.71. The van der Waals surface area contributed by atoms with Gasteiger partial charge in [0.25, 0.3) is 0 Å². The molecule has 0 saturated carbocycles. The average molecular weight is 277 g/mol. The van der Waals surface area contributed by atoms with Gasteiger partial charge in [-0.1, -0.05) is 25.2 Å². The molecule has 92 valence electrons. The van der Waals surface area contributed by atoms with Crippen LogP contribution in [0.2, 0.25) is 0 Å². The minimum absolute atomic E-state index is 0.146. The number of nitrogens with zero attached hydrogens (tertiary/aromatic N) is 2. The van der Waals surface area contributed by atoms with Crippen molar-refractivity contribution in [1.29, 1.82) is 0 Å². The predicted octanol–water partition coefficient (Wildman–Crippen LogP) is 2.93. The number of aromatic amines is 1. The highest BCUT2D eigenvalue weighted by molar-refractivity contribution is 7.13. The summed E-state index contributed by atoms with van der Waals surface area (Å²) in [5.41, 5.74) is 2.10. The number of thiazole rings is 1. The lowest BCUT2D eigenvalue weighted by Gasteiger charge is -2.09. The summed E-state index contributed by atoms with van der Waals surface area (Å²) in [5.74, 6) is 1.11. The Balaban J connectivity index is 1.94. The first-order valence-electron chi connectivity index (χ1n) is 5.63. The Bertz CT molecular complexity index is 677. The summed E-state index contributed by atoms with van der Waals surface area (Å²) in [7, 11) is 0. The first kappa shape index (κ1) is 11.6. The molecule has 0 aromatic carbocycles. The summed E-state index contributed by atoms with van der Waals surface area (Å²) in [4.78, 5) is 18.1. The summed E-state index contributed by atoms with van der Waals surface area (Å²) in [6, 6.07) is 0. The molecule has 0 aliphatic heterocycles. The normalized spacial score (nSPS) is 18.9. The van der Waals surface area contributed by atoms with Crippen molar-refractivity contribution in [3.63, 3.8) is 0 Å². The van der Waals surface area contributed by atoms with Crippen molar-refractivity contribution in [1.82, 2.24) is 14.3 Å². The van der Waals surface area contributed by atoms with E-state index >= 15 is 0 Å². The number of allylic oxidation sites excluding steroid dienone is 4. The van der Waals surface area contributed by atoms with E-state index in [-0.39, 0.29) is 4.87 Å². The van der Waals surface area contributed by atoms with E-state index in [1.165, 1.54) is 11.3 Å². The Morgan fingerprint density at radius 1 is 1.50 bits per heavy atom. The molecule has 4 nitrogen and oxygen atoms in total. The van der Waals surface area contributed by atoms with Crippen molar-refractivity contribution in [2.24, 2.45) is 5.92 Å². The lowest BCUT2D eigenvalue weighted by molar-refractivity contribution is 0.739. The van der Waals surface area contributed by atoms with Gasteiger partial charge in [-0.05, 0) is 17.9 Å². The zero-order valence-electron chi connectivity index (χ0n) is 9.71. The molecule has 1 unspecified atom stereocenters. The Kier molecular flexibility index (Phi) is 2.97. The van der Waals surface area contributed by atoms with Gasteiger partial charge < -0.3 is 0 Å². The molecule has 0 bridgehead atoms. The van der Waals surface area contributed by atoms with E-state index in [0.717, 1.165) is 34.2 Å². The Morgan fingerprint density at radius 3 is 3.11 bits per heavy atom. The first-order valence-corrected chi connectivity index (χ1v) is 7.28. The van der Waals surface area contributed by atoms with E-state index in [9.17, 15) is 4.79 Å². The number of aromatic nitrogens is 3. The van der Waals surface area contributed by atoms with Crippen LogP contribution in [0.5, 0.6) is 0 Å². The molecule has 3 rings (SSSR count). The van der Waals surface area contributed by atoms with Crippen LogP contribution in [0.15, 0.2) is 28.4 Å². The van der Waals surface area contributed by atoms with Crippen molar-refractivity contribution in [2.75, 3.05) is 0 Å². The van der Waals surface area contributed by atoms with Gasteiger partial charge in [0.2, 0.25) is 0 Å². The highest BCUT2D eigenvalue weighted by atomic mass is 32.1. The fourth-order valence-corrected chi connectivity index (χ4v) is 3.13. The van der Waals surface area contributed by atoms with Crippen molar-refractivity contribution < 1.29 is 0 Å². The van der Waals surface area contributed by atoms with Gasteiger partial charge in [-0.2, -0.15) is 4.37 Å². The third kappa shape index (κ3) is 2.21. The SMILES string of the molecule is CC1C=C(c2csc(-c3nsc(=O)[nH]3)n2)C=CC1. The Morgan fingerprint density at radius 2 is 2.39 bits per heavy atom. The van der Waals surface area contributed by atoms with E-state index < -0.39 is 0 Å². The van der Waals surface area contributed by atoms with Gasteiger partial charge in [0.1, 0.15) is 0 Å². The summed E-state index contributed by atoms with van der Waals surface area (Å²) in [5, 5.41) is 2.76.